The van der Waals surface area contributed by atoms with Gasteiger partial charge in [0.05, 0.1) is 6.61 Å². The van der Waals surface area contributed by atoms with Gasteiger partial charge in [-0.25, -0.2) is 0 Å². The van der Waals surface area contributed by atoms with Crippen LogP contribution in [0, 0.1) is 5.92 Å². The lowest BCUT2D eigenvalue weighted by Crippen LogP contribution is -2.01. The molecule has 0 aromatic heterocycles. The molecule has 1 rings (SSSR count). The van der Waals surface area contributed by atoms with Crippen molar-refractivity contribution in [3.05, 3.63) is 28.7 Å². The Morgan fingerprint density at radius 1 is 1.31 bits per heavy atom. The number of rotatable bonds is 7. The molecule has 0 atom stereocenters. The fraction of sp³-hybridized carbons (Fsp3) is 0.538. The molecule has 0 fully saturated rings. The number of halogens is 1. The summed E-state index contributed by atoms with van der Waals surface area (Å²) in [5.41, 5.74) is 0. The zero-order chi connectivity index (χ0) is 11.8. The molecule has 3 heteroatoms. The first-order valence-electron chi connectivity index (χ1n) is 5.64. The summed E-state index contributed by atoms with van der Waals surface area (Å²) in [4.78, 5) is 0. The predicted molar refractivity (Wildman–Crippen MR) is 76.4 cm³/mol. The van der Waals surface area contributed by atoms with E-state index in [-0.39, 0.29) is 0 Å². The first-order chi connectivity index (χ1) is 7.68. The van der Waals surface area contributed by atoms with Gasteiger partial charge in [-0.2, -0.15) is 11.8 Å². The second-order valence-electron chi connectivity index (χ2n) is 4.10. The molecule has 0 bridgehead atoms. The summed E-state index contributed by atoms with van der Waals surface area (Å²) in [6.45, 7) is 5.32. The molecule has 16 heavy (non-hydrogen) atoms. The van der Waals surface area contributed by atoms with Crippen LogP contribution in [0.2, 0.25) is 0 Å². The molecule has 1 aromatic rings. The molecule has 0 saturated heterocycles. The Morgan fingerprint density at radius 2 is 2.12 bits per heavy atom. The van der Waals surface area contributed by atoms with Crippen LogP contribution in [0.1, 0.15) is 20.3 Å². The first-order valence-corrected chi connectivity index (χ1v) is 7.59. The van der Waals surface area contributed by atoms with Gasteiger partial charge in [0.2, 0.25) is 0 Å². The third-order valence-corrected chi connectivity index (χ3v) is 3.60. The van der Waals surface area contributed by atoms with Crippen molar-refractivity contribution in [2.45, 2.75) is 20.3 Å². The van der Waals surface area contributed by atoms with Crippen LogP contribution in [-0.2, 0) is 0 Å². The molecule has 0 spiro atoms. The Bertz CT molecular complexity index is 302. The van der Waals surface area contributed by atoms with E-state index in [4.69, 9.17) is 4.74 Å². The summed E-state index contributed by atoms with van der Waals surface area (Å²) in [7, 11) is 0. The van der Waals surface area contributed by atoms with Crippen LogP contribution >= 0.6 is 27.7 Å². The minimum Gasteiger partial charge on any atom is -0.493 e. The number of thioether (sulfide) groups is 1. The molecule has 1 nitrogen and oxygen atoms in total. The van der Waals surface area contributed by atoms with E-state index in [0.29, 0.717) is 0 Å². The van der Waals surface area contributed by atoms with Crippen LogP contribution in [0.15, 0.2) is 28.7 Å². The largest absolute Gasteiger partial charge is 0.493 e. The van der Waals surface area contributed by atoms with Gasteiger partial charge >= 0.3 is 0 Å². The van der Waals surface area contributed by atoms with Crippen molar-refractivity contribution in [2.24, 2.45) is 5.92 Å². The van der Waals surface area contributed by atoms with E-state index < -0.39 is 0 Å². The van der Waals surface area contributed by atoms with Crippen molar-refractivity contribution >= 4 is 27.7 Å². The van der Waals surface area contributed by atoms with E-state index in [9.17, 15) is 0 Å². The van der Waals surface area contributed by atoms with Crippen molar-refractivity contribution in [1.29, 1.82) is 0 Å². The van der Waals surface area contributed by atoms with Crippen LogP contribution in [-0.4, -0.2) is 18.1 Å². The highest BCUT2D eigenvalue weighted by Crippen LogP contribution is 2.18. The van der Waals surface area contributed by atoms with Gasteiger partial charge in [0.15, 0.2) is 0 Å². The fourth-order valence-corrected chi connectivity index (χ4v) is 2.62. The van der Waals surface area contributed by atoms with E-state index in [1.54, 1.807) is 0 Å². The molecule has 1 aromatic carbocycles. The van der Waals surface area contributed by atoms with Gasteiger partial charge in [0.25, 0.3) is 0 Å². The molecule has 0 unspecified atom stereocenters. The van der Waals surface area contributed by atoms with Crippen molar-refractivity contribution < 1.29 is 4.74 Å². The number of hydrogen-bond donors (Lipinski definition) is 0. The number of ether oxygens (including phenoxy) is 1. The Morgan fingerprint density at radius 3 is 2.81 bits per heavy atom. The molecule has 0 aliphatic carbocycles. The van der Waals surface area contributed by atoms with Crippen molar-refractivity contribution in [3.63, 3.8) is 0 Å². The van der Waals surface area contributed by atoms with E-state index in [2.05, 4.69) is 29.8 Å². The summed E-state index contributed by atoms with van der Waals surface area (Å²) >= 11 is 5.39. The lowest BCUT2D eigenvalue weighted by atomic mass is 10.2. The highest BCUT2D eigenvalue weighted by atomic mass is 79.9. The summed E-state index contributed by atoms with van der Waals surface area (Å²) < 4.78 is 6.71. The quantitative estimate of drug-likeness (QED) is 0.680. The van der Waals surface area contributed by atoms with Crippen LogP contribution in [0.3, 0.4) is 0 Å². The molecule has 0 amide bonds. The van der Waals surface area contributed by atoms with Crippen LogP contribution in [0.25, 0.3) is 0 Å². The Hall–Kier alpha value is -0.150. The average Bonchev–Trinajstić information content (AvgIpc) is 2.23. The molecular formula is C13H19BrOS. The average molecular weight is 303 g/mol. The van der Waals surface area contributed by atoms with Gasteiger partial charge in [-0.15, -0.1) is 0 Å². The standard InChI is InChI=1S/C13H19BrOS/c1-11(2)6-8-16-9-7-15-13-5-3-4-12(14)10-13/h3-5,10-11H,6-9H2,1-2H3. The van der Waals surface area contributed by atoms with Gasteiger partial charge in [-0.1, -0.05) is 35.8 Å². The minimum atomic E-state index is 0.791. The molecule has 0 N–H and O–H groups in total. The zero-order valence-corrected chi connectivity index (χ0v) is 12.3. The van der Waals surface area contributed by atoms with Gasteiger partial charge < -0.3 is 4.74 Å². The maximum atomic E-state index is 5.64. The fourth-order valence-electron chi connectivity index (χ4n) is 1.20. The maximum absolute atomic E-state index is 5.64. The van der Waals surface area contributed by atoms with Crippen LogP contribution in [0.4, 0.5) is 0 Å². The molecule has 0 aliphatic rings. The van der Waals surface area contributed by atoms with Gasteiger partial charge in [-0.05, 0) is 36.3 Å². The third kappa shape index (κ3) is 6.44. The highest BCUT2D eigenvalue weighted by molar-refractivity contribution is 9.10. The first kappa shape index (κ1) is 13.9. The lowest BCUT2D eigenvalue weighted by molar-refractivity contribution is 0.343. The van der Waals surface area contributed by atoms with Gasteiger partial charge in [-0.3, -0.25) is 0 Å². The van der Waals surface area contributed by atoms with E-state index in [1.807, 2.05) is 36.0 Å². The van der Waals surface area contributed by atoms with Gasteiger partial charge in [0, 0.05) is 10.2 Å². The zero-order valence-electron chi connectivity index (χ0n) is 9.91. The van der Waals surface area contributed by atoms with Crippen molar-refractivity contribution in [3.8, 4) is 5.75 Å². The smallest absolute Gasteiger partial charge is 0.120 e. The summed E-state index contributed by atoms with van der Waals surface area (Å²) in [5, 5.41) is 0. The highest BCUT2D eigenvalue weighted by Gasteiger charge is 1.96. The molecule has 0 heterocycles. The lowest BCUT2D eigenvalue weighted by Gasteiger charge is -2.07. The van der Waals surface area contributed by atoms with Crippen LogP contribution in [0.5, 0.6) is 5.75 Å². The Labute approximate surface area is 111 Å². The monoisotopic (exact) mass is 302 g/mol. The summed E-state index contributed by atoms with van der Waals surface area (Å²) in [6, 6.07) is 7.98. The Kier molecular flexibility index (Phi) is 6.97. The molecular weight excluding hydrogens is 284 g/mol. The predicted octanol–water partition coefficient (Wildman–Crippen LogP) is 4.61. The second-order valence-corrected chi connectivity index (χ2v) is 6.24. The van der Waals surface area contributed by atoms with E-state index in [0.717, 1.165) is 28.5 Å². The maximum Gasteiger partial charge on any atom is 0.120 e. The normalized spacial score (nSPS) is 10.8. The SMILES string of the molecule is CC(C)CCSCCOc1cccc(Br)c1. The van der Waals surface area contributed by atoms with Crippen molar-refractivity contribution in [2.75, 3.05) is 18.1 Å². The Balaban J connectivity index is 2.07. The third-order valence-electron chi connectivity index (χ3n) is 2.13. The summed E-state index contributed by atoms with van der Waals surface area (Å²) in [5.74, 6) is 4.05. The molecule has 0 radical (unpaired) electrons. The van der Waals surface area contributed by atoms with E-state index in [1.165, 1.54) is 12.2 Å². The molecule has 0 aliphatic heterocycles. The minimum absolute atomic E-state index is 0.791. The molecule has 0 saturated carbocycles. The van der Waals surface area contributed by atoms with Crippen molar-refractivity contribution in [1.82, 2.24) is 0 Å². The number of benzene rings is 1. The number of hydrogen-bond acceptors (Lipinski definition) is 2. The molecule has 90 valence electrons. The van der Waals surface area contributed by atoms with E-state index >= 15 is 0 Å². The second kappa shape index (κ2) is 8.02. The topological polar surface area (TPSA) is 9.23 Å². The van der Waals surface area contributed by atoms with Gasteiger partial charge in [0.1, 0.15) is 5.75 Å². The summed E-state index contributed by atoms with van der Waals surface area (Å²) in [6.07, 6.45) is 1.29. The van der Waals surface area contributed by atoms with Crippen LogP contribution < -0.4 is 4.74 Å².